The van der Waals surface area contributed by atoms with Gasteiger partial charge in [0, 0.05) is 12.8 Å². The number of ether oxygens (including phenoxy) is 1. The smallest absolute Gasteiger partial charge is 0.238 e. The Hall–Kier alpha value is -1.58. The van der Waals surface area contributed by atoms with Crippen LogP contribution in [0.15, 0.2) is 34.3 Å². The first-order valence-corrected chi connectivity index (χ1v) is 8.65. The molecule has 1 heterocycles. The van der Waals surface area contributed by atoms with Gasteiger partial charge in [0.2, 0.25) is 10.0 Å². The van der Waals surface area contributed by atoms with Gasteiger partial charge < -0.3 is 9.30 Å². The first kappa shape index (κ1) is 15.8. The van der Waals surface area contributed by atoms with Crippen molar-refractivity contribution >= 4 is 21.8 Å². The molecule has 0 spiro atoms. The summed E-state index contributed by atoms with van der Waals surface area (Å²) in [5, 5.41) is 13.9. The Bertz CT molecular complexity index is 711. The molecule has 114 valence electrons. The van der Waals surface area contributed by atoms with Crippen LogP contribution in [0.5, 0.6) is 5.75 Å². The highest BCUT2D eigenvalue weighted by atomic mass is 32.2. The number of benzene rings is 1. The van der Waals surface area contributed by atoms with Crippen LogP contribution in [-0.2, 0) is 17.1 Å². The molecule has 0 atom stereocenters. The van der Waals surface area contributed by atoms with E-state index in [4.69, 9.17) is 9.88 Å². The Labute approximate surface area is 127 Å². The van der Waals surface area contributed by atoms with Gasteiger partial charge in [-0.3, -0.25) is 0 Å². The third-order valence-electron chi connectivity index (χ3n) is 2.79. The van der Waals surface area contributed by atoms with Crippen LogP contribution in [0.1, 0.15) is 5.82 Å². The van der Waals surface area contributed by atoms with Crippen molar-refractivity contribution in [1.29, 1.82) is 0 Å². The molecule has 0 radical (unpaired) electrons. The summed E-state index contributed by atoms with van der Waals surface area (Å²) in [5.41, 5.74) is 0. The van der Waals surface area contributed by atoms with Gasteiger partial charge in [-0.05, 0) is 31.2 Å². The van der Waals surface area contributed by atoms with Gasteiger partial charge in [0.15, 0.2) is 5.16 Å². The molecule has 7 nitrogen and oxygen atoms in total. The molecule has 21 heavy (non-hydrogen) atoms. The zero-order chi connectivity index (χ0) is 15.5. The van der Waals surface area contributed by atoms with Crippen LogP contribution in [0.2, 0.25) is 0 Å². The average Bonchev–Trinajstić information content (AvgIpc) is 2.75. The van der Waals surface area contributed by atoms with Gasteiger partial charge in [0.05, 0.1) is 11.5 Å². The predicted molar refractivity (Wildman–Crippen MR) is 79.8 cm³/mol. The van der Waals surface area contributed by atoms with Crippen LogP contribution >= 0.6 is 11.8 Å². The standard InChI is InChI=1S/C12H16N4O3S2/c1-9-14-15-12(16(9)2)20-8-7-19-10-3-5-11(6-4-10)21(13,17)18/h3-6H,7-8H2,1-2H3,(H2,13,17,18). The second-order valence-electron chi connectivity index (χ2n) is 4.30. The lowest BCUT2D eigenvalue weighted by Gasteiger charge is -2.06. The van der Waals surface area contributed by atoms with Crippen molar-refractivity contribution in [3.05, 3.63) is 30.1 Å². The lowest BCUT2D eigenvalue weighted by atomic mass is 10.3. The number of aryl methyl sites for hydroxylation is 1. The largest absolute Gasteiger partial charge is 0.493 e. The van der Waals surface area contributed by atoms with Crippen molar-refractivity contribution in [2.45, 2.75) is 17.0 Å². The molecule has 0 aliphatic rings. The minimum atomic E-state index is -3.66. The van der Waals surface area contributed by atoms with Gasteiger partial charge in [-0.25, -0.2) is 13.6 Å². The normalized spacial score (nSPS) is 11.6. The van der Waals surface area contributed by atoms with E-state index in [-0.39, 0.29) is 4.90 Å². The molecular weight excluding hydrogens is 312 g/mol. The molecule has 0 aliphatic heterocycles. The molecule has 0 fully saturated rings. The molecule has 2 aromatic rings. The molecule has 0 saturated carbocycles. The molecule has 2 N–H and O–H groups in total. The van der Waals surface area contributed by atoms with Crippen LogP contribution in [0.4, 0.5) is 0 Å². The van der Waals surface area contributed by atoms with Crippen LogP contribution in [-0.4, -0.2) is 35.5 Å². The molecule has 1 aromatic heterocycles. The summed E-state index contributed by atoms with van der Waals surface area (Å²) >= 11 is 1.54. The molecular formula is C12H16N4O3S2. The number of nitrogens with two attached hydrogens (primary N) is 1. The van der Waals surface area contributed by atoms with E-state index in [1.807, 2.05) is 18.5 Å². The second kappa shape index (κ2) is 6.46. The summed E-state index contributed by atoms with van der Waals surface area (Å²) in [4.78, 5) is 0.0683. The lowest BCUT2D eigenvalue weighted by Crippen LogP contribution is -2.11. The van der Waals surface area contributed by atoms with Gasteiger partial charge in [-0.1, -0.05) is 11.8 Å². The first-order valence-electron chi connectivity index (χ1n) is 6.12. The molecule has 9 heteroatoms. The number of primary sulfonamides is 1. The van der Waals surface area contributed by atoms with Crippen molar-refractivity contribution in [1.82, 2.24) is 14.8 Å². The fourth-order valence-electron chi connectivity index (χ4n) is 1.53. The van der Waals surface area contributed by atoms with E-state index in [9.17, 15) is 8.42 Å². The Morgan fingerprint density at radius 3 is 2.48 bits per heavy atom. The van der Waals surface area contributed by atoms with Crippen molar-refractivity contribution in [3.8, 4) is 5.75 Å². The first-order chi connectivity index (χ1) is 9.88. The maximum Gasteiger partial charge on any atom is 0.238 e. The topological polar surface area (TPSA) is 100 Å². The van der Waals surface area contributed by atoms with E-state index < -0.39 is 10.0 Å². The fraction of sp³-hybridized carbons (Fsp3) is 0.333. The number of hydrogen-bond donors (Lipinski definition) is 1. The quantitative estimate of drug-likeness (QED) is 0.626. The number of thioether (sulfide) groups is 1. The average molecular weight is 328 g/mol. The van der Waals surface area contributed by atoms with Crippen LogP contribution in [0.3, 0.4) is 0 Å². The van der Waals surface area contributed by atoms with Gasteiger partial charge in [-0.2, -0.15) is 0 Å². The summed E-state index contributed by atoms with van der Waals surface area (Å²) in [6.45, 7) is 2.37. The lowest BCUT2D eigenvalue weighted by molar-refractivity contribution is 0.343. The molecule has 2 rings (SSSR count). The SMILES string of the molecule is Cc1nnc(SCCOc2ccc(S(N)(=O)=O)cc2)n1C. The fourth-order valence-corrected chi connectivity index (χ4v) is 2.82. The predicted octanol–water partition coefficient (Wildman–Crippen LogP) is 0.942. The van der Waals surface area contributed by atoms with E-state index in [2.05, 4.69) is 10.2 Å². The Morgan fingerprint density at radius 2 is 1.95 bits per heavy atom. The maximum absolute atomic E-state index is 11.1. The highest BCUT2D eigenvalue weighted by Gasteiger charge is 2.07. The summed E-state index contributed by atoms with van der Waals surface area (Å²) in [6, 6.07) is 6.00. The van der Waals surface area contributed by atoms with Crippen molar-refractivity contribution in [3.63, 3.8) is 0 Å². The molecule has 0 amide bonds. The molecule has 0 aliphatic carbocycles. The number of aromatic nitrogens is 3. The van der Waals surface area contributed by atoms with E-state index in [1.54, 1.807) is 23.9 Å². The van der Waals surface area contributed by atoms with Gasteiger partial charge in [-0.15, -0.1) is 10.2 Å². The number of nitrogens with zero attached hydrogens (tertiary/aromatic N) is 3. The van der Waals surface area contributed by atoms with Crippen molar-refractivity contribution < 1.29 is 13.2 Å². The van der Waals surface area contributed by atoms with Crippen LogP contribution < -0.4 is 9.88 Å². The third-order valence-corrected chi connectivity index (χ3v) is 4.70. The van der Waals surface area contributed by atoms with Gasteiger partial charge >= 0.3 is 0 Å². The highest BCUT2D eigenvalue weighted by molar-refractivity contribution is 7.99. The van der Waals surface area contributed by atoms with E-state index in [0.717, 1.165) is 11.0 Å². The van der Waals surface area contributed by atoms with Gasteiger partial charge in [0.1, 0.15) is 11.6 Å². The maximum atomic E-state index is 11.1. The zero-order valence-corrected chi connectivity index (χ0v) is 13.3. The van der Waals surface area contributed by atoms with Crippen LogP contribution in [0, 0.1) is 6.92 Å². The summed E-state index contributed by atoms with van der Waals surface area (Å²) in [6.07, 6.45) is 0. The van der Waals surface area contributed by atoms with E-state index in [1.165, 1.54) is 12.1 Å². The molecule has 1 aromatic carbocycles. The van der Waals surface area contributed by atoms with E-state index >= 15 is 0 Å². The molecule has 0 saturated heterocycles. The Balaban J connectivity index is 1.83. The number of sulfonamides is 1. The van der Waals surface area contributed by atoms with Gasteiger partial charge in [0.25, 0.3) is 0 Å². The number of hydrogen-bond acceptors (Lipinski definition) is 6. The molecule has 0 bridgehead atoms. The Morgan fingerprint density at radius 1 is 1.29 bits per heavy atom. The highest BCUT2D eigenvalue weighted by Crippen LogP contribution is 2.17. The van der Waals surface area contributed by atoms with E-state index in [0.29, 0.717) is 18.1 Å². The summed E-state index contributed by atoms with van der Waals surface area (Å²) in [7, 11) is -1.75. The third kappa shape index (κ3) is 4.19. The minimum Gasteiger partial charge on any atom is -0.493 e. The van der Waals surface area contributed by atoms with Crippen LogP contribution in [0.25, 0.3) is 0 Å². The van der Waals surface area contributed by atoms with Crippen molar-refractivity contribution in [2.24, 2.45) is 12.2 Å². The Kier molecular flexibility index (Phi) is 4.86. The monoisotopic (exact) mass is 328 g/mol. The summed E-state index contributed by atoms with van der Waals surface area (Å²) in [5.74, 6) is 2.16. The second-order valence-corrected chi connectivity index (χ2v) is 6.93. The van der Waals surface area contributed by atoms with Crippen molar-refractivity contribution in [2.75, 3.05) is 12.4 Å². The minimum absolute atomic E-state index is 0.0683. The summed E-state index contributed by atoms with van der Waals surface area (Å²) < 4.78 is 29.7. The molecule has 0 unspecified atom stereocenters. The zero-order valence-electron chi connectivity index (χ0n) is 11.7. The number of rotatable bonds is 6.